The number of nitrogens with one attached hydrogen (secondary N) is 1. The van der Waals surface area contributed by atoms with Gasteiger partial charge in [0.25, 0.3) is 0 Å². The predicted octanol–water partition coefficient (Wildman–Crippen LogP) is 7.15. The first-order chi connectivity index (χ1) is 22.7. The number of methoxy groups -OCH3 is 1. The Balaban J connectivity index is 1.28. The summed E-state index contributed by atoms with van der Waals surface area (Å²) in [5, 5.41) is 11.6. The van der Waals surface area contributed by atoms with Crippen LogP contribution in [0, 0.1) is 18.8 Å². The zero-order valence-electron chi connectivity index (χ0n) is 28.2. The number of carbonyl (C=O) groups excluding carboxylic acids is 2. The van der Waals surface area contributed by atoms with Crippen molar-refractivity contribution < 1.29 is 28.6 Å². The number of carbonyl (C=O) groups is 2. The number of amides is 2. The van der Waals surface area contributed by atoms with Crippen LogP contribution in [0.4, 0.5) is 10.5 Å². The van der Waals surface area contributed by atoms with Crippen molar-refractivity contribution >= 4 is 17.7 Å². The highest BCUT2D eigenvalue weighted by molar-refractivity contribution is 5.95. The van der Waals surface area contributed by atoms with Crippen LogP contribution < -0.4 is 15.0 Å². The van der Waals surface area contributed by atoms with Crippen LogP contribution in [-0.2, 0) is 9.53 Å². The maximum atomic E-state index is 14.3. The summed E-state index contributed by atoms with van der Waals surface area (Å²) in [4.78, 5) is 38.0. The molecule has 3 aromatic rings. The van der Waals surface area contributed by atoms with E-state index in [-0.39, 0.29) is 30.5 Å². The molecule has 0 spiro atoms. The molecule has 0 radical (unpaired) electrons. The number of hydrogen-bond donors (Lipinski definition) is 2. The number of oxazole rings is 1. The standard InChI is InChI=1S/C37H50N4O6/c1-24(2)35-40-33(23-46-35)29-7-5-8-30(21-29)41(36(43)28-13-15-31(16-14-28)47-37(44)38-19-6-20-42)22-26-9-11-27(12-10-26)32-17-18-34(45-4)25(3)39-32/h5,7-8,17-18,21,23-24,26-28,31,42H,6,9-16,19-20,22H2,1-4H3,(H,38,44)/t26-,27-,28-,31-. The van der Waals surface area contributed by atoms with E-state index in [2.05, 4.69) is 31.3 Å². The highest BCUT2D eigenvalue weighted by Crippen LogP contribution is 2.38. The van der Waals surface area contributed by atoms with Gasteiger partial charge in [-0.1, -0.05) is 26.0 Å². The van der Waals surface area contributed by atoms with E-state index in [4.69, 9.17) is 29.0 Å². The smallest absolute Gasteiger partial charge is 0.407 e. The van der Waals surface area contributed by atoms with E-state index in [1.54, 1.807) is 13.4 Å². The van der Waals surface area contributed by atoms with Crippen molar-refractivity contribution in [2.24, 2.45) is 11.8 Å². The van der Waals surface area contributed by atoms with Crippen molar-refractivity contribution in [1.29, 1.82) is 0 Å². The SMILES string of the molecule is COc1ccc([C@H]2CC[C@H](CN(c3cccc(-c4coc(C(C)C)n4)c3)C(=O)[C@H]3CC[C@H](OC(=O)NCCCO)CC3)CC2)nc1C. The van der Waals surface area contributed by atoms with Crippen LogP contribution in [0.3, 0.4) is 0 Å². The average molecular weight is 647 g/mol. The fraction of sp³-hybridized carbons (Fsp3) is 0.568. The molecule has 2 amide bonds. The first-order valence-electron chi connectivity index (χ1n) is 17.2. The van der Waals surface area contributed by atoms with Gasteiger partial charge in [0, 0.05) is 54.4 Å². The van der Waals surface area contributed by atoms with Gasteiger partial charge < -0.3 is 29.2 Å². The van der Waals surface area contributed by atoms with Crippen molar-refractivity contribution in [3.63, 3.8) is 0 Å². The third kappa shape index (κ3) is 8.91. The number of anilines is 1. The molecule has 0 atom stereocenters. The minimum absolute atomic E-state index is 0.0193. The number of aliphatic hydroxyl groups is 1. The van der Waals surface area contributed by atoms with Crippen molar-refractivity contribution in [3.05, 3.63) is 59.9 Å². The Morgan fingerprint density at radius 1 is 1.04 bits per heavy atom. The van der Waals surface area contributed by atoms with Crippen molar-refractivity contribution in [1.82, 2.24) is 15.3 Å². The van der Waals surface area contributed by atoms with Crippen LogP contribution in [-0.4, -0.2) is 60.0 Å². The molecule has 2 fully saturated rings. The fourth-order valence-corrected chi connectivity index (χ4v) is 6.86. The highest BCUT2D eigenvalue weighted by atomic mass is 16.6. The summed E-state index contributed by atoms with van der Waals surface area (Å²) < 4.78 is 16.7. The Kier molecular flexibility index (Phi) is 11.9. The van der Waals surface area contributed by atoms with E-state index in [1.807, 2.05) is 36.1 Å². The minimum atomic E-state index is -0.462. The number of aromatic nitrogens is 2. The maximum absolute atomic E-state index is 14.3. The maximum Gasteiger partial charge on any atom is 0.407 e. The Hall–Kier alpha value is -3.92. The fourth-order valence-electron chi connectivity index (χ4n) is 6.86. The summed E-state index contributed by atoms with van der Waals surface area (Å²) in [6.45, 7) is 7.15. The van der Waals surface area contributed by atoms with Crippen molar-refractivity contribution in [3.8, 4) is 17.0 Å². The molecule has 2 aromatic heterocycles. The first-order valence-corrected chi connectivity index (χ1v) is 17.2. The summed E-state index contributed by atoms with van der Waals surface area (Å²) in [5.74, 6) is 2.46. The average Bonchev–Trinajstić information content (AvgIpc) is 3.59. The zero-order valence-corrected chi connectivity index (χ0v) is 28.2. The van der Waals surface area contributed by atoms with Crippen LogP contribution in [0.5, 0.6) is 5.75 Å². The van der Waals surface area contributed by atoms with E-state index in [0.717, 1.165) is 59.8 Å². The summed E-state index contributed by atoms with van der Waals surface area (Å²) >= 11 is 0. The van der Waals surface area contributed by atoms with Gasteiger partial charge >= 0.3 is 6.09 Å². The number of benzene rings is 1. The number of aryl methyl sites for hydroxylation is 1. The number of nitrogens with zero attached hydrogens (tertiary/aromatic N) is 3. The second kappa shape index (κ2) is 16.3. The molecule has 0 bridgehead atoms. The molecule has 254 valence electrons. The molecule has 10 heteroatoms. The number of hydrogen-bond acceptors (Lipinski definition) is 8. The third-order valence-corrected chi connectivity index (χ3v) is 9.62. The van der Waals surface area contributed by atoms with Gasteiger partial charge in [-0.2, -0.15) is 0 Å². The normalized spacial score (nSPS) is 21.3. The topological polar surface area (TPSA) is 127 Å². The molecule has 2 aliphatic carbocycles. The van der Waals surface area contributed by atoms with Gasteiger partial charge in [-0.3, -0.25) is 9.78 Å². The number of aliphatic hydroxyl groups excluding tert-OH is 1. The van der Waals surface area contributed by atoms with Crippen LogP contribution >= 0.6 is 0 Å². The molecule has 2 aliphatic rings. The van der Waals surface area contributed by atoms with E-state index in [0.29, 0.717) is 62.9 Å². The first kappa shape index (κ1) is 34.4. The lowest BCUT2D eigenvalue weighted by Gasteiger charge is -2.36. The zero-order chi connectivity index (χ0) is 33.3. The van der Waals surface area contributed by atoms with Crippen LogP contribution in [0.15, 0.2) is 47.1 Å². The molecule has 0 saturated heterocycles. The van der Waals surface area contributed by atoms with Gasteiger partial charge in [-0.15, -0.1) is 0 Å². The van der Waals surface area contributed by atoms with Gasteiger partial charge in [0.05, 0.1) is 12.8 Å². The quantitative estimate of drug-likeness (QED) is 0.199. The van der Waals surface area contributed by atoms with E-state index in [9.17, 15) is 9.59 Å². The molecule has 2 heterocycles. The van der Waals surface area contributed by atoms with E-state index in [1.165, 1.54) is 0 Å². The van der Waals surface area contributed by atoms with Gasteiger partial charge in [0.15, 0.2) is 5.89 Å². The Bertz CT molecular complexity index is 1470. The second-order valence-corrected chi connectivity index (χ2v) is 13.3. The molecule has 2 N–H and O–H groups in total. The lowest BCUT2D eigenvalue weighted by Crippen LogP contribution is -2.42. The largest absolute Gasteiger partial charge is 0.495 e. The summed E-state index contributed by atoms with van der Waals surface area (Å²) in [7, 11) is 1.67. The Morgan fingerprint density at radius 3 is 2.47 bits per heavy atom. The molecule has 5 rings (SSSR count). The molecule has 0 aliphatic heterocycles. The van der Waals surface area contributed by atoms with Gasteiger partial charge in [-0.25, -0.2) is 9.78 Å². The molecule has 2 saturated carbocycles. The molecule has 0 unspecified atom stereocenters. The van der Waals surface area contributed by atoms with Gasteiger partial charge in [-0.05, 0) is 94.9 Å². The number of alkyl carbamates (subject to hydrolysis) is 1. The number of ether oxygens (including phenoxy) is 2. The lowest BCUT2D eigenvalue weighted by atomic mass is 9.79. The van der Waals surface area contributed by atoms with Crippen LogP contribution in [0.1, 0.15) is 101 Å². The third-order valence-electron chi connectivity index (χ3n) is 9.62. The van der Waals surface area contributed by atoms with Crippen LogP contribution in [0.2, 0.25) is 0 Å². The van der Waals surface area contributed by atoms with Crippen molar-refractivity contribution in [2.75, 3.05) is 31.7 Å². The van der Waals surface area contributed by atoms with Crippen molar-refractivity contribution in [2.45, 2.75) is 96.5 Å². The van der Waals surface area contributed by atoms with Gasteiger partial charge in [0.1, 0.15) is 23.8 Å². The molecule has 1 aromatic carbocycles. The monoisotopic (exact) mass is 646 g/mol. The molecular formula is C37H50N4O6. The molecular weight excluding hydrogens is 596 g/mol. The summed E-state index contributed by atoms with van der Waals surface area (Å²) in [5.41, 5.74) is 4.60. The van der Waals surface area contributed by atoms with E-state index >= 15 is 0 Å². The minimum Gasteiger partial charge on any atom is -0.495 e. The van der Waals surface area contributed by atoms with E-state index < -0.39 is 6.09 Å². The Morgan fingerprint density at radius 2 is 1.81 bits per heavy atom. The summed E-state index contributed by atoms with van der Waals surface area (Å²) in [6.07, 6.45) is 8.24. The molecule has 10 nitrogen and oxygen atoms in total. The molecule has 47 heavy (non-hydrogen) atoms. The summed E-state index contributed by atoms with van der Waals surface area (Å²) in [6, 6.07) is 12.2. The second-order valence-electron chi connectivity index (χ2n) is 13.3. The number of rotatable bonds is 12. The lowest BCUT2D eigenvalue weighted by molar-refractivity contribution is -0.124. The Labute approximate surface area is 278 Å². The van der Waals surface area contributed by atoms with Crippen LogP contribution in [0.25, 0.3) is 11.3 Å². The predicted molar refractivity (Wildman–Crippen MR) is 181 cm³/mol. The number of pyridine rings is 1. The van der Waals surface area contributed by atoms with Gasteiger partial charge in [0.2, 0.25) is 5.91 Å². The highest BCUT2D eigenvalue weighted by Gasteiger charge is 2.34.